The maximum atomic E-state index is 12.9. The highest BCUT2D eigenvalue weighted by atomic mass is 32.1. The van der Waals surface area contributed by atoms with Crippen molar-refractivity contribution in [3.05, 3.63) is 35.0 Å². The summed E-state index contributed by atoms with van der Waals surface area (Å²) in [5.74, 6) is -0.467. The molecule has 2 aromatic rings. The summed E-state index contributed by atoms with van der Waals surface area (Å²) in [4.78, 5) is 17.2. The van der Waals surface area contributed by atoms with Gasteiger partial charge in [-0.3, -0.25) is 4.79 Å². The van der Waals surface area contributed by atoms with Crippen molar-refractivity contribution in [2.45, 2.75) is 25.3 Å². The number of hydrogen-bond acceptors (Lipinski definition) is 4. The van der Waals surface area contributed by atoms with Crippen molar-refractivity contribution in [1.29, 1.82) is 0 Å². The molecule has 0 aliphatic heterocycles. The predicted molar refractivity (Wildman–Crippen MR) is 77.0 cm³/mol. The van der Waals surface area contributed by atoms with Crippen LogP contribution < -0.4 is 11.1 Å². The fraction of sp³-hybridized carbons (Fsp3) is 0.286. The maximum absolute atomic E-state index is 12.9. The molecular weight excluding hydrogens is 277 g/mol. The molecule has 4 nitrogen and oxygen atoms in total. The molecule has 0 saturated heterocycles. The molecule has 1 aliphatic rings. The topological polar surface area (TPSA) is 68.0 Å². The number of nitrogens with one attached hydrogen (secondary N) is 1. The molecule has 1 aromatic carbocycles. The van der Waals surface area contributed by atoms with Crippen LogP contribution in [0.5, 0.6) is 0 Å². The van der Waals surface area contributed by atoms with E-state index in [9.17, 15) is 9.18 Å². The van der Waals surface area contributed by atoms with Crippen LogP contribution in [0.4, 0.5) is 9.52 Å². The van der Waals surface area contributed by atoms with Gasteiger partial charge < -0.3 is 11.1 Å². The Morgan fingerprint density at radius 3 is 2.65 bits per heavy atom. The summed E-state index contributed by atoms with van der Waals surface area (Å²) in [6, 6.07) is 6.14. The van der Waals surface area contributed by atoms with E-state index in [4.69, 9.17) is 5.73 Å². The number of thiazole rings is 1. The number of halogens is 1. The van der Waals surface area contributed by atoms with Crippen LogP contribution in [0.3, 0.4) is 0 Å². The van der Waals surface area contributed by atoms with Gasteiger partial charge in [0.15, 0.2) is 5.13 Å². The Balaban J connectivity index is 1.83. The lowest BCUT2D eigenvalue weighted by molar-refractivity contribution is -0.118. The van der Waals surface area contributed by atoms with Crippen LogP contribution in [-0.4, -0.2) is 16.4 Å². The lowest BCUT2D eigenvalue weighted by atomic mass is 10.1. The maximum Gasteiger partial charge on any atom is 0.246 e. The number of aromatic nitrogens is 1. The van der Waals surface area contributed by atoms with Crippen molar-refractivity contribution in [3.63, 3.8) is 0 Å². The van der Waals surface area contributed by atoms with Crippen LogP contribution in [0.1, 0.15) is 17.7 Å². The van der Waals surface area contributed by atoms with E-state index in [1.807, 2.05) is 6.92 Å². The zero-order valence-electron chi connectivity index (χ0n) is 10.9. The van der Waals surface area contributed by atoms with Crippen molar-refractivity contribution in [3.8, 4) is 11.3 Å². The largest absolute Gasteiger partial charge is 0.317 e. The molecule has 0 unspecified atom stereocenters. The average molecular weight is 291 g/mol. The molecule has 0 radical (unpaired) electrons. The van der Waals surface area contributed by atoms with Gasteiger partial charge in [-0.1, -0.05) is 0 Å². The summed E-state index contributed by atoms with van der Waals surface area (Å²) in [6.07, 6.45) is 1.43. The van der Waals surface area contributed by atoms with E-state index in [0.717, 1.165) is 16.1 Å². The molecule has 1 fully saturated rings. The van der Waals surface area contributed by atoms with Crippen LogP contribution in [0.15, 0.2) is 24.3 Å². The lowest BCUT2D eigenvalue weighted by Gasteiger charge is -2.06. The van der Waals surface area contributed by atoms with E-state index >= 15 is 0 Å². The van der Waals surface area contributed by atoms with E-state index < -0.39 is 5.54 Å². The van der Waals surface area contributed by atoms with E-state index in [1.165, 1.54) is 23.5 Å². The molecule has 3 N–H and O–H groups in total. The van der Waals surface area contributed by atoms with Gasteiger partial charge in [0.1, 0.15) is 5.82 Å². The number of nitrogens with zero attached hydrogens (tertiary/aromatic N) is 1. The average Bonchev–Trinajstić information content (AvgIpc) is 3.06. The quantitative estimate of drug-likeness (QED) is 0.913. The second-order valence-corrected chi connectivity index (χ2v) is 6.24. The summed E-state index contributed by atoms with van der Waals surface area (Å²) in [5, 5.41) is 3.29. The molecule has 1 aliphatic carbocycles. The van der Waals surface area contributed by atoms with Crippen molar-refractivity contribution >= 4 is 22.4 Å². The third-order valence-electron chi connectivity index (χ3n) is 3.38. The molecule has 1 amide bonds. The number of anilines is 1. The number of amides is 1. The molecule has 20 heavy (non-hydrogen) atoms. The summed E-state index contributed by atoms with van der Waals surface area (Å²) in [7, 11) is 0. The van der Waals surface area contributed by atoms with Gasteiger partial charge in [0.05, 0.1) is 11.2 Å². The second kappa shape index (κ2) is 4.64. The van der Waals surface area contributed by atoms with Crippen LogP contribution in [0.25, 0.3) is 11.3 Å². The third kappa shape index (κ3) is 2.44. The highest BCUT2D eigenvalue weighted by molar-refractivity contribution is 7.16. The van der Waals surface area contributed by atoms with Crippen molar-refractivity contribution < 1.29 is 9.18 Å². The fourth-order valence-corrected chi connectivity index (χ4v) is 2.74. The number of benzene rings is 1. The number of rotatable bonds is 3. The van der Waals surface area contributed by atoms with Gasteiger partial charge in [0.25, 0.3) is 0 Å². The van der Waals surface area contributed by atoms with Gasteiger partial charge in [0, 0.05) is 10.4 Å². The zero-order valence-corrected chi connectivity index (χ0v) is 11.8. The zero-order chi connectivity index (χ0) is 14.3. The first-order chi connectivity index (χ1) is 9.48. The fourth-order valence-electron chi connectivity index (χ4n) is 1.91. The molecule has 1 saturated carbocycles. The van der Waals surface area contributed by atoms with Gasteiger partial charge in [-0.25, -0.2) is 9.37 Å². The molecule has 104 valence electrons. The molecule has 6 heteroatoms. The molecular formula is C14H14FN3OS. The van der Waals surface area contributed by atoms with E-state index in [0.29, 0.717) is 18.0 Å². The van der Waals surface area contributed by atoms with Gasteiger partial charge in [-0.2, -0.15) is 0 Å². The van der Waals surface area contributed by atoms with Crippen molar-refractivity contribution in [2.75, 3.05) is 5.32 Å². The SMILES string of the molecule is Cc1sc(NC(=O)C2(N)CC2)nc1-c1ccc(F)cc1. The molecule has 0 spiro atoms. The molecule has 1 heterocycles. The van der Waals surface area contributed by atoms with Crippen LogP contribution >= 0.6 is 11.3 Å². The minimum absolute atomic E-state index is 0.183. The smallest absolute Gasteiger partial charge is 0.246 e. The molecule has 0 atom stereocenters. The Bertz CT molecular complexity index is 662. The van der Waals surface area contributed by atoms with E-state index in [-0.39, 0.29) is 11.7 Å². The van der Waals surface area contributed by atoms with Crippen LogP contribution in [0, 0.1) is 12.7 Å². The van der Waals surface area contributed by atoms with Gasteiger partial charge >= 0.3 is 0 Å². The number of carbonyl (C=O) groups excluding carboxylic acids is 1. The standard InChI is InChI=1S/C14H14FN3OS/c1-8-11(9-2-4-10(15)5-3-9)17-13(20-8)18-12(19)14(16)6-7-14/h2-5H,6-7,16H2,1H3,(H,17,18,19). The third-order valence-corrected chi connectivity index (χ3v) is 4.26. The number of carbonyl (C=O) groups is 1. The van der Waals surface area contributed by atoms with Crippen molar-refractivity contribution in [1.82, 2.24) is 4.98 Å². The second-order valence-electron chi connectivity index (χ2n) is 5.04. The minimum atomic E-state index is -0.713. The first-order valence-electron chi connectivity index (χ1n) is 6.32. The molecule has 0 bridgehead atoms. The monoisotopic (exact) mass is 291 g/mol. The first-order valence-corrected chi connectivity index (χ1v) is 7.13. The van der Waals surface area contributed by atoms with E-state index in [2.05, 4.69) is 10.3 Å². The lowest BCUT2D eigenvalue weighted by Crippen LogP contribution is -2.37. The van der Waals surface area contributed by atoms with Crippen LogP contribution in [0.2, 0.25) is 0 Å². The van der Waals surface area contributed by atoms with E-state index in [1.54, 1.807) is 12.1 Å². The van der Waals surface area contributed by atoms with Gasteiger partial charge in [-0.05, 0) is 44.0 Å². The van der Waals surface area contributed by atoms with Gasteiger partial charge in [-0.15, -0.1) is 11.3 Å². The summed E-state index contributed by atoms with van der Waals surface area (Å²) in [5.41, 5.74) is 6.71. The van der Waals surface area contributed by atoms with Crippen molar-refractivity contribution in [2.24, 2.45) is 5.73 Å². The Kier molecular flexibility index (Phi) is 3.07. The Hall–Kier alpha value is -1.79. The highest BCUT2D eigenvalue weighted by Crippen LogP contribution is 2.35. The number of hydrogen-bond donors (Lipinski definition) is 2. The van der Waals surface area contributed by atoms with Gasteiger partial charge in [0.2, 0.25) is 5.91 Å². The Morgan fingerprint density at radius 1 is 1.40 bits per heavy atom. The molecule has 3 rings (SSSR count). The normalized spacial score (nSPS) is 15.9. The Labute approximate surface area is 119 Å². The summed E-state index contributed by atoms with van der Waals surface area (Å²) in [6.45, 7) is 1.92. The van der Waals surface area contributed by atoms with Crippen LogP contribution in [-0.2, 0) is 4.79 Å². The first kappa shape index (κ1) is 13.2. The molecule has 1 aromatic heterocycles. The number of aryl methyl sites for hydroxylation is 1. The summed E-state index contributed by atoms with van der Waals surface area (Å²) >= 11 is 1.39. The summed E-state index contributed by atoms with van der Waals surface area (Å²) < 4.78 is 12.9. The predicted octanol–water partition coefficient (Wildman–Crippen LogP) is 2.69. The highest BCUT2D eigenvalue weighted by Gasteiger charge is 2.46. The number of nitrogens with two attached hydrogens (primary N) is 1. The Morgan fingerprint density at radius 2 is 2.05 bits per heavy atom. The minimum Gasteiger partial charge on any atom is -0.317 e.